The van der Waals surface area contributed by atoms with E-state index in [0.717, 1.165) is 30.4 Å². The number of nitrogens with zero attached hydrogens (tertiary/aromatic N) is 1. The molecule has 1 aromatic carbocycles. The Morgan fingerprint density at radius 3 is 2.58 bits per heavy atom. The van der Waals surface area contributed by atoms with Gasteiger partial charge in [0.1, 0.15) is 0 Å². The highest BCUT2D eigenvalue weighted by Gasteiger charge is 2.44. The molecule has 19 heavy (non-hydrogen) atoms. The lowest BCUT2D eigenvalue weighted by Gasteiger charge is -2.44. The molecular weight excluding hydrogens is 234 g/mol. The second-order valence-electron chi connectivity index (χ2n) is 6.27. The first-order valence-electron chi connectivity index (χ1n) is 7.25. The summed E-state index contributed by atoms with van der Waals surface area (Å²) in [5.41, 5.74) is 1.68. The molecule has 0 aliphatic heterocycles. The van der Waals surface area contributed by atoms with Crippen LogP contribution in [0.3, 0.4) is 0 Å². The van der Waals surface area contributed by atoms with Crippen LogP contribution in [0, 0.1) is 12.8 Å². The highest BCUT2D eigenvalue weighted by atomic mass is 16.1. The normalized spacial score (nSPS) is 27.5. The van der Waals surface area contributed by atoms with Gasteiger partial charge in [-0.3, -0.25) is 9.69 Å². The molecule has 2 rings (SSSR count). The fourth-order valence-corrected chi connectivity index (χ4v) is 3.42. The SMILES string of the molecule is Cc1ccccc1C(=O)C1(N(C)C)CCCC(C)C1. The van der Waals surface area contributed by atoms with Crippen LogP contribution in [0.4, 0.5) is 0 Å². The van der Waals surface area contributed by atoms with Crippen molar-refractivity contribution in [1.82, 2.24) is 4.90 Å². The van der Waals surface area contributed by atoms with E-state index >= 15 is 0 Å². The lowest BCUT2D eigenvalue weighted by Crippen LogP contribution is -2.54. The zero-order valence-electron chi connectivity index (χ0n) is 12.6. The van der Waals surface area contributed by atoms with Gasteiger partial charge in [0.15, 0.2) is 5.78 Å². The minimum Gasteiger partial charge on any atom is -0.297 e. The molecule has 1 aliphatic rings. The Labute approximate surface area is 116 Å². The molecule has 104 valence electrons. The molecule has 1 aliphatic carbocycles. The number of carbonyl (C=O) groups excluding carboxylic acids is 1. The summed E-state index contributed by atoms with van der Waals surface area (Å²) >= 11 is 0. The standard InChI is InChI=1S/C17H25NO/c1-13-8-7-11-17(12-13,18(3)4)16(19)15-10-6-5-9-14(15)2/h5-6,9-10,13H,7-8,11-12H2,1-4H3. The molecule has 2 heteroatoms. The summed E-state index contributed by atoms with van der Waals surface area (Å²) in [6.07, 6.45) is 4.36. The third kappa shape index (κ3) is 2.59. The van der Waals surface area contributed by atoms with Gasteiger partial charge in [0.05, 0.1) is 5.54 Å². The van der Waals surface area contributed by atoms with Crippen molar-refractivity contribution in [3.8, 4) is 0 Å². The van der Waals surface area contributed by atoms with Gasteiger partial charge in [0.2, 0.25) is 0 Å². The summed E-state index contributed by atoms with van der Waals surface area (Å²) in [5, 5.41) is 0. The summed E-state index contributed by atoms with van der Waals surface area (Å²) in [4.78, 5) is 15.2. The van der Waals surface area contributed by atoms with Crippen molar-refractivity contribution in [2.75, 3.05) is 14.1 Å². The number of hydrogen-bond donors (Lipinski definition) is 0. The van der Waals surface area contributed by atoms with E-state index in [1.165, 1.54) is 6.42 Å². The topological polar surface area (TPSA) is 20.3 Å². The Morgan fingerprint density at radius 1 is 1.32 bits per heavy atom. The number of hydrogen-bond acceptors (Lipinski definition) is 2. The van der Waals surface area contributed by atoms with Gasteiger partial charge in [-0.1, -0.05) is 44.0 Å². The molecule has 0 N–H and O–H groups in total. The van der Waals surface area contributed by atoms with Crippen LogP contribution in [0.5, 0.6) is 0 Å². The molecule has 0 heterocycles. The maximum atomic E-state index is 13.1. The second kappa shape index (κ2) is 5.46. The average Bonchev–Trinajstić information content (AvgIpc) is 2.38. The first-order chi connectivity index (χ1) is 8.97. The monoisotopic (exact) mass is 259 g/mol. The van der Waals surface area contributed by atoms with Crippen molar-refractivity contribution in [2.24, 2.45) is 5.92 Å². The van der Waals surface area contributed by atoms with Crippen LogP contribution < -0.4 is 0 Å². The van der Waals surface area contributed by atoms with Crippen molar-refractivity contribution in [3.05, 3.63) is 35.4 Å². The number of rotatable bonds is 3. The maximum Gasteiger partial charge on any atom is 0.183 e. The largest absolute Gasteiger partial charge is 0.297 e. The van der Waals surface area contributed by atoms with E-state index in [1.807, 2.05) is 45.3 Å². The van der Waals surface area contributed by atoms with Crippen molar-refractivity contribution in [2.45, 2.75) is 45.1 Å². The molecule has 2 unspecified atom stereocenters. The van der Waals surface area contributed by atoms with Crippen LogP contribution >= 0.6 is 0 Å². The van der Waals surface area contributed by atoms with E-state index in [1.54, 1.807) is 0 Å². The Bertz CT molecular complexity index is 466. The van der Waals surface area contributed by atoms with Gasteiger partial charge in [-0.05, 0) is 45.3 Å². The molecule has 0 amide bonds. The van der Waals surface area contributed by atoms with Crippen LogP contribution in [0.25, 0.3) is 0 Å². The fourth-order valence-electron chi connectivity index (χ4n) is 3.42. The summed E-state index contributed by atoms with van der Waals surface area (Å²) < 4.78 is 0. The zero-order chi connectivity index (χ0) is 14.0. The van der Waals surface area contributed by atoms with Gasteiger partial charge in [0, 0.05) is 5.56 Å². The number of ketones is 1. The number of benzene rings is 1. The fraction of sp³-hybridized carbons (Fsp3) is 0.588. The zero-order valence-corrected chi connectivity index (χ0v) is 12.6. The molecule has 0 bridgehead atoms. The van der Waals surface area contributed by atoms with Crippen LogP contribution in [-0.4, -0.2) is 30.3 Å². The molecule has 0 radical (unpaired) electrons. The Kier molecular flexibility index (Phi) is 4.10. The number of aryl methyl sites for hydroxylation is 1. The number of likely N-dealkylation sites (N-methyl/N-ethyl adjacent to an activating group) is 1. The molecule has 2 atom stereocenters. The summed E-state index contributed by atoms with van der Waals surface area (Å²) in [7, 11) is 4.10. The predicted molar refractivity (Wildman–Crippen MR) is 79.6 cm³/mol. The predicted octanol–water partition coefficient (Wildman–Crippen LogP) is 3.69. The molecule has 1 saturated carbocycles. The van der Waals surface area contributed by atoms with Gasteiger partial charge < -0.3 is 0 Å². The third-order valence-corrected chi connectivity index (χ3v) is 4.64. The minimum absolute atomic E-state index is 0.302. The van der Waals surface area contributed by atoms with Crippen molar-refractivity contribution < 1.29 is 4.79 Å². The lowest BCUT2D eigenvalue weighted by atomic mass is 9.71. The molecule has 0 aromatic heterocycles. The molecule has 0 saturated heterocycles. The van der Waals surface area contributed by atoms with Gasteiger partial charge in [-0.25, -0.2) is 0 Å². The van der Waals surface area contributed by atoms with Crippen LogP contribution in [0.2, 0.25) is 0 Å². The number of carbonyl (C=O) groups is 1. The quantitative estimate of drug-likeness (QED) is 0.772. The van der Waals surface area contributed by atoms with E-state index in [4.69, 9.17) is 0 Å². The van der Waals surface area contributed by atoms with E-state index in [9.17, 15) is 4.79 Å². The highest BCUT2D eigenvalue weighted by molar-refractivity contribution is 6.04. The van der Waals surface area contributed by atoms with Gasteiger partial charge in [0.25, 0.3) is 0 Å². The summed E-state index contributed by atoms with van der Waals surface area (Å²) in [5.74, 6) is 0.936. The minimum atomic E-state index is -0.302. The Balaban J connectivity index is 2.40. The van der Waals surface area contributed by atoms with Gasteiger partial charge >= 0.3 is 0 Å². The van der Waals surface area contributed by atoms with E-state index in [0.29, 0.717) is 11.7 Å². The van der Waals surface area contributed by atoms with Crippen molar-refractivity contribution >= 4 is 5.78 Å². The van der Waals surface area contributed by atoms with Crippen molar-refractivity contribution in [1.29, 1.82) is 0 Å². The van der Waals surface area contributed by atoms with E-state index in [2.05, 4.69) is 11.8 Å². The second-order valence-corrected chi connectivity index (χ2v) is 6.27. The van der Waals surface area contributed by atoms with Gasteiger partial charge in [-0.15, -0.1) is 0 Å². The van der Waals surface area contributed by atoms with Gasteiger partial charge in [-0.2, -0.15) is 0 Å². The Hall–Kier alpha value is -1.15. The third-order valence-electron chi connectivity index (χ3n) is 4.64. The van der Waals surface area contributed by atoms with Crippen LogP contribution in [-0.2, 0) is 0 Å². The Morgan fingerprint density at radius 2 is 2.00 bits per heavy atom. The summed E-state index contributed by atoms with van der Waals surface area (Å²) in [6, 6.07) is 7.97. The van der Waals surface area contributed by atoms with Crippen LogP contribution in [0.15, 0.2) is 24.3 Å². The average molecular weight is 259 g/mol. The van der Waals surface area contributed by atoms with Crippen molar-refractivity contribution in [3.63, 3.8) is 0 Å². The highest BCUT2D eigenvalue weighted by Crippen LogP contribution is 2.38. The molecule has 1 fully saturated rings. The molecule has 0 spiro atoms. The summed E-state index contributed by atoms with van der Waals surface area (Å²) in [6.45, 7) is 4.30. The molecular formula is C17H25NO. The molecule has 2 nitrogen and oxygen atoms in total. The first kappa shape index (κ1) is 14.3. The van der Waals surface area contributed by atoms with Crippen LogP contribution in [0.1, 0.15) is 48.5 Å². The smallest absolute Gasteiger partial charge is 0.183 e. The molecule has 1 aromatic rings. The number of Topliss-reactive ketones (excluding diaryl/α,β-unsaturated/α-hetero) is 1. The first-order valence-corrected chi connectivity index (χ1v) is 7.25. The maximum absolute atomic E-state index is 13.1. The van der Waals surface area contributed by atoms with E-state index in [-0.39, 0.29) is 5.54 Å². The lowest BCUT2D eigenvalue weighted by molar-refractivity contribution is 0.0485. The van der Waals surface area contributed by atoms with E-state index < -0.39 is 0 Å².